The summed E-state index contributed by atoms with van der Waals surface area (Å²) in [6.45, 7) is 3.75. The van der Waals surface area contributed by atoms with Gasteiger partial charge in [-0.3, -0.25) is 0 Å². The number of hydrogen-bond acceptors (Lipinski definition) is 2. The lowest BCUT2D eigenvalue weighted by Gasteiger charge is -2.19. The molecule has 54 valence electrons. The molecule has 0 aliphatic carbocycles. The average Bonchev–Trinajstić information content (AvgIpc) is 1.91. The van der Waals surface area contributed by atoms with E-state index in [1.807, 2.05) is 0 Å². The van der Waals surface area contributed by atoms with Gasteiger partial charge in [0.05, 0.1) is 19.8 Å². The normalized spacial score (nSPS) is 28.3. The van der Waals surface area contributed by atoms with Crippen LogP contribution in [0.5, 0.6) is 0 Å². The standard InChI is InChI=1S/C6H13NO2/c1-8-5-6-4-7-2-3-9-6/h6-7H,2-5H2,1H3/p+1/t6-/m0/s1. The summed E-state index contributed by atoms with van der Waals surface area (Å²) in [6, 6.07) is 0. The first-order chi connectivity index (χ1) is 4.43. The van der Waals surface area contributed by atoms with Crippen LogP contribution in [0.2, 0.25) is 0 Å². The van der Waals surface area contributed by atoms with E-state index in [1.54, 1.807) is 7.11 Å². The first-order valence-corrected chi connectivity index (χ1v) is 3.35. The first kappa shape index (κ1) is 6.99. The fourth-order valence-electron chi connectivity index (χ4n) is 0.992. The third kappa shape index (κ3) is 2.30. The van der Waals surface area contributed by atoms with Crippen molar-refractivity contribution in [2.45, 2.75) is 6.10 Å². The Kier molecular flexibility index (Phi) is 2.97. The van der Waals surface area contributed by atoms with Crippen molar-refractivity contribution in [1.29, 1.82) is 0 Å². The van der Waals surface area contributed by atoms with Crippen LogP contribution in [0.4, 0.5) is 0 Å². The van der Waals surface area contributed by atoms with Crippen LogP contribution in [0.25, 0.3) is 0 Å². The molecule has 0 unspecified atom stereocenters. The molecule has 2 N–H and O–H groups in total. The van der Waals surface area contributed by atoms with E-state index in [4.69, 9.17) is 9.47 Å². The zero-order valence-electron chi connectivity index (χ0n) is 5.80. The number of morpholine rings is 1. The summed E-state index contributed by atoms with van der Waals surface area (Å²) in [5.41, 5.74) is 0. The Balaban J connectivity index is 2.08. The van der Waals surface area contributed by atoms with E-state index in [0.717, 1.165) is 26.3 Å². The molecule has 0 aromatic rings. The van der Waals surface area contributed by atoms with Gasteiger partial charge in [-0.1, -0.05) is 0 Å². The maximum Gasteiger partial charge on any atom is 0.130 e. The molecule has 1 saturated heterocycles. The molecular formula is C6H14NO2+. The van der Waals surface area contributed by atoms with E-state index in [-0.39, 0.29) is 0 Å². The van der Waals surface area contributed by atoms with E-state index in [2.05, 4.69) is 5.32 Å². The minimum absolute atomic E-state index is 0.323. The van der Waals surface area contributed by atoms with Gasteiger partial charge in [0.15, 0.2) is 0 Å². The number of hydrogen-bond donors (Lipinski definition) is 1. The van der Waals surface area contributed by atoms with Gasteiger partial charge in [-0.15, -0.1) is 0 Å². The molecule has 0 aromatic carbocycles. The zero-order chi connectivity index (χ0) is 6.53. The highest BCUT2D eigenvalue weighted by Crippen LogP contribution is 1.90. The van der Waals surface area contributed by atoms with Crippen molar-refractivity contribution >= 4 is 0 Å². The number of nitrogens with two attached hydrogens (primary N) is 1. The highest BCUT2D eigenvalue weighted by Gasteiger charge is 2.14. The lowest BCUT2D eigenvalue weighted by atomic mass is 10.3. The molecule has 0 amide bonds. The van der Waals surface area contributed by atoms with E-state index in [9.17, 15) is 0 Å². The summed E-state index contributed by atoms with van der Waals surface area (Å²) < 4.78 is 10.3. The minimum Gasteiger partial charge on any atom is -0.382 e. The van der Waals surface area contributed by atoms with Gasteiger partial charge in [-0.25, -0.2) is 0 Å². The van der Waals surface area contributed by atoms with Crippen molar-refractivity contribution in [3.63, 3.8) is 0 Å². The van der Waals surface area contributed by atoms with Crippen LogP contribution < -0.4 is 5.32 Å². The molecule has 1 atom stereocenters. The lowest BCUT2D eigenvalue weighted by Crippen LogP contribution is -2.89. The molecule has 9 heavy (non-hydrogen) atoms. The van der Waals surface area contributed by atoms with Crippen LogP contribution in [-0.2, 0) is 9.47 Å². The van der Waals surface area contributed by atoms with Crippen molar-refractivity contribution in [3.05, 3.63) is 0 Å². The van der Waals surface area contributed by atoms with Crippen molar-refractivity contribution in [1.82, 2.24) is 0 Å². The Morgan fingerprint density at radius 3 is 3.22 bits per heavy atom. The smallest absolute Gasteiger partial charge is 0.130 e. The summed E-state index contributed by atoms with van der Waals surface area (Å²) >= 11 is 0. The van der Waals surface area contributed by atoms with Gasteiger partial charge < -0.3 is 14.8 Å². The molecule has 1 aliphatic rings. The molecule has 1 aliphatic heterocycles. The van der Waals surface area contributed by atoms with Crippen molar-refractivity contribution < 1.29 is 14.8 Å². The van der Waals surface area contributed by atoms with Crippen molar-refractivity contribution in [2.24, 2.45) is 0 Å². The third-order valence-corrected chi connectivity index (χ3v) is 1.46. The van der Waals surface area contributed by atoms with Crippen LogP contribution in [0.15, 0.2) is 0 Å². The number of ether oxygens (including phenoxy) is 2. The second kappa shape index (κ2) is 3.82. The predicted octanol–water partition coefficient (Wildman–Crippen LogP) is -1.40. The van der Waals surface area contributed by atoms with Gasteiger partial charge in [-0.2, -0.15) is 0 Å². The van der Waals surface area contributed by atoms with Gasteiger partial charge >= 0.3 is 0 Å². The maximum atomic E-state index is 5.36. The quantitative estimate of drug-likeness (QED) is 0.501. The molecule has 1 rings (SSSR count). The molecule has 1 fully saturated rings. The van der Waals surface area contributed by atoms with Crippen molar-refractivity contribution in [2.75, 3.05) is 33.4 Å². The monoisotopic (exact) mass is 132 g/mol. The summed E-state index contributed by atoms with van der Waals surface area (Å²) in [5, 5.41) is 2.26. The molecule has 1 heterocycles. The number of quaternary nitrogens is 1. The fourth-order valence-corrected chi connectivity index (χ4v) is 0.992. The largest absolute Gasteiger partial charge is 0.382 e. The summed E-state index contributed by atoms with van der Waals surface area (Å²) in [5.74, 6) is 0. The molecular weight excluding hydrogens is 118 g/mol. The second-order valence-electron chi connectivity index (χ2n) is 2.26. The van der Waals surface area contributed by atoms with Gasteiger partial charge in [0, 0.05) is 7.11 Å². The van der Waals surface area contributed by atoms with E-state index >= 15 is 0 Å². The van der Waals surface area contributed by atoms with Gasteiger partial charge in [-0.05, 0) is 0 Å². The highest BCUT2D eigenvalue weighted by molar-refractivity contribution is 4.54. The first-order valence-electron chi connectivity index (χ1n) is 3.35. The Bertz CT molecular complexity index is 68.7. The van der Waals surface area contributed by atoms with Crippen LogP contribution in [0, 0.1) is 0 Å². The van der Waals surface area contributed by atoms with Gasteiger partial charge in [0.25, 0.3) is 0 Å². The molecule has 0 saturated carbocycles. The Labute approximate surface area is 55.3 Å². The Morgan fingerprint density at radius 1 is 1.78 bits per heavy atom. The van der Waals surface area contributed by atoms with E-state index in [1.165, 1.54) is 0 Å². The molecule has 0 aromatic heterocycles. The number of rotatable bonds is 2. The van der Waals surface area contributed by atoms with Crippen LogP contribution in [0.1, 0.15) is 0 Å². The fraction of sp³-hybridized carbons (Fsp3) is 1.00. The third-order valence-electron chi connectivity index (χ3n) is 1.46. The van der Waals surface area contributed by atoms with E-state index < -0.39 is 0 Å². The SMILES string of the molecule is COC[C@@H]1C[NH2+]CCO1. The lowest BCUT2D eigenvalue weighted by molar-refractivity contribution is -0.677. The predicted molar refractivity (Wildman–Crippen MR) is 33.3 cm³/mol. The topological polar surface area (TPSA) is 35.1 Å². The molecule has 0 spiro atoms. The van der Waals surface area contributed by atoms with E-state index in [0.29, 0.717) is 6.10 Å². The molecule has 0 radical (unpaired) electrons. The highest BCUT2D eigenvalue weighted by atomic mass is 16.5. The molecule has 3 nitrogen and oxygen atoms in total. The van der Waals surface area contributed by atoms with Crippen molar-refractivity contribution in [3.8, 4) is 0 Å². The van der Waals surface area contributed by atoms with Crippen LogP contribution in [0.3, 0.4) is 0 Å². The zero-order valence-corrected chi connectivity index (χ0v) is 5.80. The summed E-state index contributed by atoms with van der Waals surface area (Å²) in [4.78, 5) is 0. The van der Waals surface area contributed by atoms with Crippen LogP contribution >= 0.6 is 0 Å². The maximum absolute atomic E-state index is 5.36. The van der Waals surface area contributed by atoms with Crippen LogP contribution in [-0.4, -0.2) is 39.5 Å². The number of methoxy groups -OCH3 is 1. The summed E-state index contributed by atoms with van der Waals surface area (Å²) in [6.07, 6.45) is 0.323. The average molecular weight is 132 g/mol. The Hall–Kier alpha value is -0.120. The summed E-state index contributed by atoms with van der Waals surface area (Å²) in [7, 11) is 1.71. The minimum atomic E-state index is 0.323. The Morgan fingerprint density at radius 2 is 2.67 bits per heavy atom. The second-order valence-corrected chi connectivity index (χ2v) is 2.26. The molecule has 3 heteroatoms. The van der Waals surface area contributed by atoms with Gasteiger partial charge in [0.1, 0.15) is 12.6 Å². The molecule has 0 bridgehead atoms. The van der Waals surface area contributed by atoms with Gasteiger partial charge in [0.2, 0.25) is 0 Å².